The molecule has 0 aliphatic heterocycles. The zero-order chi connectivity index (χ0) is 14.1. The van der Waals surface area contributed by atoms with Crippen LogP contribution in [0.5, 0.6) is 0 Å². The van der Waals surface area contributed by atoms with Crippen molar-refractivity contribution >= 4 is 5.69 Å². The normalized spacial score (nSPS) is 20.4. The summed E-state index contributed by atoms with van der Waals surface area (Å²) in [6, 6.07) is 8.17. The van der Waals surface area contributed by atoms with Gasteiger partial charge in [-0.2, -0.15) is 0 Å². The van der Waals surface area contributed by atoms with E-state index in [0.29, 0.717) is 10.8 Å². The fraction of sp³-hybridized carbons (Fsp3) is 0.647. The Morgan fingerprint density at radius 3 is 2.32 bits per heavy atom. The van der Waals surface area contributed by atoms with Gasteiger partial charge in [-0.05, 0) is 54.3 Å². The van der Waals surface area contributed by atoms with Crippen LogP contribution in [0, 0.1) is 16.7 Å². The lowest BCUT2D eigenvalue weighted by Crippen LogP contribution is -2.21. The lowest BCUT2D eigenvalue weighted by Gasteiger charge is -2.07. The number of rotatable bonds is 6. The third kappa shape index (κ3) is 2.79. The van der Waals surface area contributed by atoms with Gasteiger partial charge in [-0.25, -0.2) is 0 Å². The van der Waals surface area contributed by atoms with Crippen molar-refractivity contribution in [1.82, 2.24) is 5.32 Å². The summed E-state index contributed by atoms with van der Waals surface area (Å²) in [5.41, 5.74) is 9.12. The predicted molar refractivity (Wildman–Crippen MR) is 83.1 cm³/mol. The third-order valence-corrected chi connectivity index (χ3v) is 5.52. The molecule has 3 N–H and O–H groups in total. The van der Waals surface area contributed by atoms with Crippen LogP contribution in [0.15, 0.2) is 24.3 Å². The third-order valence-electron chi connectivity index (χ3n) is 5.52. The second kappa shape index (κ2) is 5.16. The fourth-order valence-electron chi connectivity index (χ4n) is 3.26. The first kappa shape index (κ1) is 14.4. The molecule has 2 rings (SSSR count). The molecule has 0 spiro atoms. The quantitative estimate of drug-likeness (QED) is 0.607. The minimum absolute atomic E-state index is 0.490. The van der Waals surface area contributed by atoms with E-state index in [1.165, 1.54) is 5.56 Å². The summed E-state index contributed by atoms with van der Waals surface area (Å²) in [6.07, 6.45) is 2.22. The lowest BCUT2D eigenvalue weighted by atomic mass is 10.0. The van der Waals surface area contributed by atoms with Gasteiger partial charge < -0.3 is 11.1 Å². The summed E-state index contributed by atoms with van der Waals surface area (Å²) in [6.45, 7) is 11.7. The number of hydrogen-bond donors (Lipinski definition) is 2. The fourth-order valence-corrected chi connectivity index (χ4v) is 3.26. The summed E-state index contributed by atoms with van der Waals surface area (Å²) in [7, 11) is 0. The molecule has 0 amide bonds. The Labute approximate surface area is 117 Å². The second-order valence-corrected chi connectivity index (χ2v) is 7.00. The van der Waals surface area contributed by atoms with E-state index in [1.54, 1.807) is 0 Å². The van der Waals surface area contributed by atoms with Crippen LogP contribution < -0.4 is 11.1 Å². The van der Waals surface area contributed by atoms with Crippen LogP contribution in [-0.4, -0.2) is 13.1 Å². The van der Waals surface area contributed by atoms with E-state index in [-0.39, 0.29) is 0 Å². The monoisotopic (exact) mass is 260 g/mol. The molecule has 1 saturated carbocycles. The highest BCUT2D eigenvalue weighted by molar-refractivity contribution is 5.46. The van der Waals surface area contributed by atoms with Crippen molar-refractivity contribution in [3.05, 3.63) is 29.8 Å². The Kier molecular flexibility index (Phi) is 3.91. The van der Waals surface area contributed by atoms with Crippen molar-refractivity contribution in [2.75, 3.05) is 18.8 Å². The van der Waals surface area contributed by atoms with Gasteiger partial charge in [-0.15, -0.1) is 0 Å². The molecule has 0 bridgehead atoms. The van der Waals surface area contributed by atoms with Gasteiger partial charge in [0.25, 0.3) is 0 Å². The zero-order valence-electron chi connectivity index (χ0n) is 12.8. The maximum atomic E-state index is 5.94. The number of aryl methyl sites for hydroxylation is 1. The number of nitrogens with one attached hydrogen (secondary N) is 1. The Morgan fingerprint density at radius 2 is 1.74 bits per heavy atom. The van der Waals surface area contributed by atoms with Crippen LogP contribution in [-0.2, 0) is 6.42 Å². The van der Waals surface area contributed by atoms with Crippen LogP contribution in [0.3, 0.4) is 0 Å². The highest BCUT2D eigenvalue weighted by Crippen LogP contribution is 2.67. The Balaban J connectivity index is 1.65. The summed E-state index contributed by atoms with van der Waals surface area (Å²) in [5.74, 6) is 0.807. The van der Waals surface area contributed by atoms with Gasteiger partial charge in [0.1, 0.15) is 0 Å². The van der Waals surface area contributed by atoms with Crippen LogP contribution in [0.1, 0.15) is 39.7 Å². The molecule has 0 saturated heterocycles. The molecule has 1 aromatic rings. The predicted octanol–water partition coefficient (Wildman–Crippen LogP) is 3.47. The van der Waals surface area contributed by atoms with Crippen LogP contribution in [0.2, 0.25) is 0 Å². The van der Waals surface area contributed by atoms with Crippen molar-refractivity contribution in [3.63, 3.8) is 0 Å². The topological polar surface area (TPSA) is 38.0 Å². The van der Waals surface area contributed by atoms with Crippen LogP contribution in [0.4, 0.5) is 5.69 Å². The van der Waals surface area contributed by atoms with Crippen LogP contribution in [0.25, 0.3) is 0 Å². The number of nitrogen functional groups attached to an aromatic ring is 1. The van der Waals surface area contributed by atoms with Gasteiger partial charge in [-0.1, -0.05) is 45.9 Å². The molecular formula is C17H28N2. The Hall–Kier alpha value is -1.02. The van der Waals surface area contributed by atoms with E-state index in [1.807, 2.05) is 12.1 Å². The van der Waals surface area contributed by atoms with Gasteiger partial charge in [0, 0.05) is 5.69 Å². The Morgan fingerprint density at radius 1 is 1.11 bits per heavy atom. The van der Waals surface area contributed by atoms with E-state index in [0.717, 1.165) is 37.5 Å². The first-order chi connectivity index (χ1) is 8.87. The molecule has 106 valence electrons. The van der Waals surface area contributed by atoms with Gasteiger partial charge in [0.2, 0.25) is 0 Å². The van der Waals surface area contributed by atoms with Crippen molar-refractivity contribution in [2.24, 2.45) is 16.7 Å². The van der Waals surface area contributed by atoms with Crippen molar-refractivity contribution < 1.29 is 0 Å². The highest BCUT2D eigenvalue weighted by Gasteiger charge is 2.63. The second-order valence-electron chi connectivity index (χ2n) is 7.00. The summed E-state index contributed by atoms with van der Waals surface area (Å²) in [4.78, 5) is 0. The van der Waals surface area contributed by atoms with E-state index < -0.39 is 0 Å². The molecule has 0 radical (unpaired) electrons. The molecule has 1 aliphatic carbocycles. The summed E-state index contributed by atoms with van der Waals surface area (Å²) < 4.78 is 0. The van der Waals surface area contributed by atoms with Crippen molar-refractivity contribution in [1.29, 1.82) is 0 Å². The summed E-state index contributed by atoms with van der Waals surface area (Å²) in [5, 5.41) is 3.61. The molecule has 2 heteroatoms. The zero-order valence-corrected chi connectivity index (χ0v) is 12.8. The molecule has 0 atom stereocenters. The lowest BCUT2D eigenvalue weighted by molar-refractivity contribution is 0.457. The van der Waals surface area contributed by atoms with E-state index in [9.17, 15) is 0 Å². The first-order valence-electron chi connectivity index (χ1n) is 7.41. The van der Waals surface area contributed by atoms with E-state index >= 15 is 0 Å². The van der Waals surface area contributed by atoms with Crippen molar-refractivity contribution in [3.8, 4) is 0 Å². The summed E-state index contributed by atoms with van der Waals surface area (Å²) >= 11 is 0. The van der Waals surface area contributed by atoms with Gasteiger partial charge in [-0.3, -0.25) is 0 Å². The number of para-hydroxylation sites is 1. The molecule has 1 fully saturated rings. The standard InChI is InChI=1S/C17H28N2/c1-16(2)15(17(16,3)4)12-19-11-7-9-13-8-5-6-10-14(13)18/h5-6,8,10,15,19H,7,9,11-12,18H2,1-4H3. The van der Waals surface area contributed by atoms with Crippen LogP contribution >= 0.6 is 0 Å². The number of nitrogens with two attached hydrogens (primary N) is 1. The van der Waals surface area contributed by atoms with Gasteiger partial charge in [0.15, 0.2) is 0 Å². The maximum absolute atomic E-state index is 5.94. The van der Waals surface area contributed by atoms with E-state index in [4.69, 9.17) is 5.73 Å². The number of hydrogen-bond acceptors (Lipinski definition) is 2. The van der Waals surface area contributed by atoms with Crippen molar-refractivity contribution in [2.45, 2.75) is 40.5 Å². The molecule has 0 unspecified atom stereocenters. The molecule has 0 aromatic heterocycles. The molecule has 1 aromatic carbocycles. The molecule has 0 heterocycles. The average molecular weight is 260 g/mol. The number of benzene rings is 1. The average Bonchev–Trinajstić information content (AvgIpc) is 2.73. The molecular weight excluding hydrogens is 232 g/mol. The minimum atomic E-state index is 0.490. The van der Waals surface area contributed by atoms with Gasteiger partial charge >= 0.3 is 0 Å². The highest BCUT2D eigenvalue weighted by atomic mass is 14.9. The van der Waals surface area contributed by atoms with Gasteiger partial charge in [0.05, 0.1) is 0 Å². The van der Waals surface area contributed by atoms with E-state index in [2.05, 4.69) is 45.1 Å². The maximum Gasteiger partial charge on any atom is 0.0346 e. The minimum Gasteiger partial charge on any atom is -0.399 e. The molecule has 19 heavy (non-hydrogen) atoms. The molecule has 2 nitrogen and oxygen atoms in total. The Bertz CT molecular complexity index is 421. The largest absolute Gasteiger partial charge is 0.399 e. The number of anilines is 1. The first-order valence-corrected chi connectivity index (χ1v) is 7.41. The smallest absolute Gasteiger partial charge is 0.0346 e. The molecule has 1 aliphatic rings. The SMILES string of the molecule is CC1(C)C(CNCCCc2ccccc2N)C1(C)C.